The zero-order valence-electron chi connectivity index (χ0n) is 11.7. The van der Waals surface area contributed by atoms with Crippen LogP contribution in [0.15, 0.2) is 0 Å². The molecule has 106 valence electrons. The molecule has 0 unspecified atom stereocenters. The van der Waals surface area contributed by atoms with Gasteiger partial charge in [-0.25, -0.2) is 0 Å². The minimum absolute atomic E-state index is 0.00724. The Morgan fingerprint density at radius 2 is 2.06 bits per heavy atom. The highest BCUT2D eigenvalue weighted by Crippen LogP contribution is 2.13. The van der Waals surface area contributed by atoms with E-state index in [1.54, 1.807) is 0 Å². The second-order valence-electron chi connectivity index (χ2n) is 5.07. The Bertz CT molecular complexity index is 238. The summed E-state index contributed by atoms with van der Waals surface area (Å²) in [4.78, 5) is 14.2. The van der Waals surface area contributed by atoms with E-state index >= 15 is 0 Å². The van der Waals surface area contributed by atoms with E-state index in [4.69, 9.17) is 0 Å². The molecular formula is C13H27N3O2. The first-order valence-corrected chi connectivity index (χ1v) is 7.00. The highest BCUT2D eigenvalue weighted by Gasteiger charge is 2.27. The summed E-state index contributed by atoms with van der Waals surface area (Å²) in [6.45, 7) is 8.29. The molecule has 5 heteroatoms. The molecule has 0 aromatic carbocycles. The van der Waals surface area contributed by atoms with E-state index in [2.05, 4.69) is 15.5 Å². The number of hydrogen-bond acceptors (Lipinski definition) is 4. The van der Waals surface area contributed by atoms with Crippen LogP contribution >= 0.6 is 0 Å². The number of rotatable bonds is 6. The molecule has 1 amide bonds. The lowest BCUT2D eigenvalue weighted by molar-refractivity contribution is -0.124. The van der Waals surface area contributed by atoms with Gasteiger partial charge in [0.25, 0.3) is 0 Å². The molecule has 1 aliphatic rings. The zero-order chi connectivity index (χ0) is 13.4. The number of carbonyl (C=O) groups is 1. The van der Waals surface area contributed by atoms with Crippen molar-refractivity contribution < 1.29 is 9.90 Å². The molecule has 0 aromatic rings. The van der Waals surface area contributed by atoms with E-state index in [9.17, 15) is 9.90 Å². The lowest BCUT2D eigenvalue weighted by Crippen LogP contribution is -2.53. The summed E-state index contributed by atoms with van der Waals surface area (Å²) >= 11 is 0. The highest BCUT2D eigenvalue weighted by molar-refractivity contribution is 5.78. The van der Waals surface area contributed by atoms with Gasteiger partial charge in [-0.3, -0.25) is 9.69 Å². The predicted molar refractivity (Wildman–Crippen MR) is 72.5 cm³/mol. The first-order chi connectivity index (χ1) is 8.65. The number of nitrogens with zero attached hydrogens (tertiary/aromatic N) is 1. The number of hydrogen-bond donors (Lipinski definition) is 3. The monoisotopic (exact) mass is 257 g/mol. The molecule has 3 N–H and O–H groups in total. The van der Waals surface area contributed by atoms with Crippen molar-refractivity contribution in [3.8, 4) is 0 Å². The molecule has 18 heavy (non-hydrogen) atoms. The Labute approximate surface area is 110 Å². The van der Waals surface area contributed by atoms with Crippen LogP contribution in [-0.2, 0) is 4.79 Å². The fraction of sp³-hybridized carbons (Fsp3) is 0.923. The Morgan fingerprint density at radius 1 is 1.33 bits per heavy atom. The fourth-order valence-corrected chi connectivity index (χ4v) is 2.29. The van der Waals surface area contributed by atoms with Crippen LogP contribution in [0.1, 0.15) is 33.1 Å². The van der Waals surface area contributed by atoms with E-state index in [1.807, 2.05) is 13.8 Å². The Morgan fingerprint density at radius 3 is 2.67 bits per heavy atom. The molecule has 0 radical (unpaired) electrons. The highest BCUT2D eigenvalue weighted by atomic mass is 16.3. The summed E-state index contributed by atoms with van der Waals surface area (Å²) in [5.74, 6) is 0.0228. The van der Waals surface area contributed by atoms with Crippen molar-refractivity contribution in [2.75, 3.05) is 39.3 Å². The van der Waals surface area contributed by atoms with Crippen LogP contribution in [0.2, 0.25) is 0 Å². The van der Waals surface area contributed by atoms with Gasteiger partial charge >= 0.3 is 0 Å². The van der Waals surface area contributed by atoms with Crippen LogP contribution in [-0.4, -0.2) is 60.8 Å². The standard InChI is InChI=1S/C13H27N3O2/c1-3-13(4-2,11-17)15-12(18)10-16-8-5-6-14-7-9-16/h14,17H,3-11H2,1-2H3,(H,15,18). The molecule has 0 atom stereocenters. The van der Waals surface area contributed by atoms with Gasteiger partial charge in [-0.15, -0.1) is 0 Å². The normalized spacial score (nSPS) is 18.4. The quantitative estimate of drug-likeness (QED) is 0.624. The van der Waals surface area contributed by atoms with Crippen molar-refractivity contribution in [1.29, 1.82) is 0 Å². The average Bonchev–Trinajstić information content (AvgIpc) is 2.65. The maximum absolute atomic E-state index is 12.0. The van der Waals surface area contributed by atoms with Gasteiger partial charge in [0, 0.05) is 13.1 Å². The van der Waals surface area contributed by atoms with Gasteiger partial charge < -0.3 is 15.7 Å². The van der Waals surface area contributed by atoms with Crippen LogP contribution in [0.5, 0.6) is 0 Å². The fourth-order valence-electron chi connectivity index (χ4n) is 2.29. The second kappa shape index (κ2) is 7.71. The zero-order valence-corrected chi connectivity index (χ0v) is 11.7. The molecule has 1 aliphatic heterocycles. The van der Waals surface area contributed by atoms with Gasteiger partial charge in [-0.05, 0) is 32.4 Å². The van der Waals surface area contributed by atoms with Crippen LogP contribution < -0.4 is 10.6 Å². The molecule has 0 aliphatic carbocycles. The second-order valence-corrected chi connectivity index (χ2v) is 5.07. The number of aliphatic hydroxyl groups is 1. The van der Waals surface area contributed by atoms with Crippen molar-refractivity contribution in [1.82, 2.24) is 15.5 Å². The Balaban J connectivity index is 2.43. The topological polar surface area (TPSA) is 64.6 Å². The van der Waals surface area contributed by atoms with Gasteiger partial charge in [-0.2, -0.15) is 0 Å². The van der Waals surface area contributed by atoms with Gasteiger partial charge in [0.2, 0.25) is 5.91 Å². The summed E-state index contributed by atoms with van der Waals surface area (Å²) in [5.41, 5.74) is -0.443. The molecule has 0 aromatic heterocycles. The third kappa shape index (κ3) is 4.55. The molecule has 0 spiro atoms. The number of amides is 1. The summed E-state index contributed by atoms with van der Waals surface area (Å²) in [6, 6.07) is 0. The minimum Gasteiger partial charge on any atom is -0.394 e. The lowest BCUT2D eigenvalue weighted by atomic mass is 9.94. The summed E-state index contributed by atoms with van der Waals surface area (Å²) < 4.78 is 0. The third-order valence-corrected chi connectivity index (χ3v) is 3.86. The first-order valence-electron chi connectivity index (χ1n) is 7.00. The molecule has 1 fully saturated rings. The predicted octanol–water partition coefficient (Wildman–Crippen LogP) is -0.0510. The van der Waals surface area contributed by atoms with Crippen molar-refractivity contribution in [3.05, 3.63) is 0 Å². The van der Waals surface area contributed by atoms with Gasteiger partial charge in [0.1, 0.15) is 0 Å². The van der Waals surface area contributed by atoms with Crippen LogP contribution in [0.3, 0.4) is 0 Å². The van der Waals surface area contributed by atoms with Crippen molar-refractivity contribution >= 4 is 5.91 Å². The van der Waals surface area contributed by atoms with Crippen molar-refractivity contribution in [3.63, 3.8) is 0 Å². The van der Waals surface area contributed by atoms with E-state index < -0.39 is 5.54 Å². The molecule has 1 saturated heterocycles. The molecule has 1 rings (SSSR count). The maximum Gasteiger partial charge on any atom is 0.234 e. The average molecular weight is 257 g/mol. The third-order valence-electron chi connectivity index (χ3n) is 3.86. The van der Waals surface area contributed by atoms with Crippen LogP contribution in [0.25, 0.3) is 0 Å². The van der Waals surface area contributed by atoms with Gasteiger partial charge in [0.15, 0.2) is 0 Å². The summed E-state index contributed by atoms with van der Waals surface area (Å²) in [7, 11) is 0. The van der Waals surface area contributed by atoms with E-state index in [0.717, 1.165) is 45.4 Å². The van der Waals surface area contributed by atoms with Crippen molar-refractivity contribution in [2.24, 2.45) is 0 Å². The smallest absolute Gasteiger partial charge is 0.234 e. The van der Waals surface area contributed by atoms with Gasteiger partial charge in [-0.1, -0.05) is 13.8 Å². The van der Waals surface area contributed by atoms with Crippen molar-refractivity contribution in [2.45, 2.75) is 38.6 Å². The molecule has 1 heterocycles. The minimum atomic E-state index is -0.443. The summed E-state index contributed by atoms with van der Waals surface area (Å²) in [5, 5.41) is 15.8. The first kappa shape index (κ1) is 15.4. The number of aliphatic hydroxyl groups excluding tert-OH is 1. The SMILES string of the molecule is CCC(CC)(CO)NC(=O)CN1CCCNCC1. The number of nitrogens with one attached hydrogen (secondary N) is 2. The largest absolute Gasteiger partial charge is 0.394 e. The van der Waals surface area contributed by atoms with E-state index in [-0.39, 0.29) is 12.5 Å². The molecular weight excluding hydrogens is 230 g/mol. The molecule has 0 saturated carbocycles. The van der Waals surface area contributed by atoms with Crippen LogP contribution in [0, 0.1) is 0 Å². The Hall–Kier alpha value is -0.650. The van der Waals surface area contributed by atoms with E-state index in [1.165, 1.54) is 0 Å². The van der Waals surface area contributed by atoms with E-state index in [0.29, 0.717) is 6.54 Å². The molecule has 0 bridgehead atoms. The Kier molecular flexibility index (Phi) is 6.60. The molecule has 5 nitrogen and oxygen atoms in total. The number of carbonyl (C=O) groups excluding carboxylic acids is 1. The summed E-state index contributed by atoms with van der Waals surface area (Å²) in [6.07, 6.45) is 2.60. The maximum atomic E-state index is 12.0. The van der Waals surface area contributed by atoms with Crippen LogP contribution in [0.4, 0.5) is 0 Å². The lowest BCUT2D eigenvalue weighted by Gasteiger charge is -2.32. The van der Waals surface area contributed by atoms with Gasteiger partial charge in [0.05, 0.1) is 18.7 Å².